The van der Waals surface area contributed by atoms with E-state index in [9.17, 15) is 0 Å². The van der Waals surface area contributed by atoms with Gasteiger partial charge in [0.05, 0.1) is 6.61 Å². The summed E-state index contributed by atoms with van der Waals surface area (Å²) in [5.41, 5.74) is 3.15. The lowest BCUT2D eigenvalue weighted by molar-refractivity contribution is 0.119. The standard InChI is InChI=1S/C17H23NO/c1-2-19-13-5-4-12-8-17-16-7-11(10-18-17)3-6-14(16)15(12)9-13/h4-5,9,11,14,16-18H,2-3,6-8,10H2,1H3. The first-order valence-corrected chi connectivity index (χ1v) is 7.84. The molecule has 4 unspecified atom stereocenters. The number of hydrogen-bond donors (Lipinski definition) is 1. The number of piperidine rings is 1. The molecular formula is C17H23NO. The van der Waals surface area contributed by atoms with Gasteiger partial charge in [0.25, 0.3) is 0 Å². The zero-order valence-corrected chi connectivity index (χ0v) is 11.7. The van der Waals surface area contributed by atoms with Crippen LogP contribution < -0.4 is 10.1 Å². The third-order valence-corrected chi connectivity index (χ3v) is 5.46. The minimum absolute atomic E-state index is 0.729. The highest BCUT2D eigenvalue weighted by molar-refractivity contribution is 5.41. The Labute approximate surface area is 115 Å². The van der Waals surface area contributed by atoms with Gasteiger partial charge < -0.3 is 10.1 Å². The molecule has 4 atom stereocenters. The molecule has 2 aliphatic carbocycles. The number of nitrogens with one attached hydrogen (secondary N) is 1. The summed E-state index contributed by atoms with van der Waals surface area (Å²) in [6.45, 7) is 4.07. The molecule has 102 valence electrons. The molecule has 2 nitrogen and oxygen atoms in total. The molecule has 2 heteroatoms. The second-order valence-electron chi connectivity index (χ2n) is 6.46. The van der Waals surface area contributed by atoms with Crippen LogP contribution in [0.25, 0.3) is 0 Å². The van der Waals surface area contributed by atoms with Crippen molar-refractivity contribution in [3.63, 3.8) is 0 Å². The summed E-state index contributed by atoms with van der Waals surface area (Å²) >= 11 is 0. The van der Waals surface area contributed by atoms with Crippen LogP contribution in [0.1, 0.15) is 43.2 Å². The fourth-order valence-electron chi connectivity index (χ4n) is 4.60. The summed E-state index contributed by atoms with van der Waals surface area (Å²) in [5.74, 6) is 3.65. The maximum Gasteiger partial charge on any atom is 0.119 e. The van der Waals surface area contributed by atoms with Crippen molar-refractivity contribution in [2.45, 2.75) is 44.6 Å². The van der Waals surface area contributed by atoms with Gasteiger partial charge in [-0.15, -0.1) is 0 Å². The Kier molecular flexibility index (Phi) is 2.80. The average Bonchev–Trinajstić information content (AvgIpc) is 2.46. The highest BCUT2D eigenvalue weighted by Gasteiger charge is 2.43. The topological polar surface area (TPSA) is 21.3 Å². The molecule has 2 fully saturated rings. The first-order valence-electron chi connectivity index (χ1n) is 7.84. The van der Waals surface area contributed by atoms with Crippen molar-refractivity contribution in [2.75, 3.05) is 13.2 Å². The molecule has 0 aromatic heterocycles. The van der Waals surface area contributed by atoms with Gasteiger partial charge in [0.15, 0.2) is 0 Å². The van der Waals surface area contributed by atoms with Gasteiger partial charge in [-0.3, -0.25) is 0 Å². The molecule has 1 aromatic rings. The van der Waals surface area contributed by atoms with Crippen molar-refractivity contribution in [3.05, 3.63) is 29.3 Å². The number of benzene rings is 1. The maximum atomic E-state index is 5.70. The Morgan fingerprint density at radius 1 is 1.32 bits per heavy atom. The lowest BCUT2D eigenvalue weighted by Gasteiger charge is -2.49. The van der Waals surface area contributed by atoms with Gasteiger partial charge >= 0.3 is 0 Å². The number of ether oxygens (including phenoxy) is 1. The Balaban J connectivity index is 1.72. The minimum atomic E-state index is 0.729. The van der Waals surface area contributed by atoms with Crippen molar-refractivity contribution < 1.29 is 4.74 Å². The summed E-state index contributed by atoms with van der Waals surface area (Å²) in [4.78, 5) is 0. The molecule has 3 aliphatic rings. The summed E-state index contributed by atoms with van der Waals surface area (Å²) in [5, 5.41) is 3.80. The molecule has 0 amide bonds. The van der Waals surface area contributed by atoms with Gasteiger partial charge in [0, 0.05) is 6.04 Å². The molecule has 0 radical (unpaired) electrons. The third-order valence-electron chi connectivity index (χ3n) is 5.46. The van der Waals surface area contributed by atoms with Crippen LogP contribution >= 0.6 is 0 Å². The van der Waals surface area contributed by atoms with Gasteiger partial charge in [-0.1, -0.05) is 6.07 Å². The van der Waals surface area contributed by atoms with Crippen LogP contribution in [0.3, 0.4) is 0 Å². The van der Waals surface area contributed by atoms with Gasteiger partial charge in [-0.05, 0) is 80.2 Å². The van der Waals surface area contributed by atoms with Crippen molar-refractivity contribution in [2.24, 2.45) is 11.8 Å². The lowest BCUT2D eigenvalue weighted by Crippen LogP contribution is -2.53. The van der Waals surface area contributed by atoms with Crippen LogP contribution in [-0.2, 0) is 6.42 Å². The highest BCUT2D eigenvalue weighted by Crippen LogP contribution is 2.49. The Bertz CT molecular complexity index is 484. The first-order chi connectivity index (χ1) is 9.35. The zero-order valence-electron chi connectivity index (χ0n) is 11.7. The lowest BCUT2D eigenvalue weighted by atomic mass is 9.61. The molecular weight excluding hydrogens is 234 g/mol. The summed E-state index contributed by atoms with van der Waals surface area (Å²) in [7, 11) is 0. The Hall–Kier alpha value is -1.02. The van der Waals surface area contributed by atoms with E-state index in [0.717, 1.165) is 36.2 Å². The zero-order chi connectivity index (χ0) is 12.8. The quantitative estimate of drug-likeness (QED) is 0.879. The molecule has 0 spiro atoms. The van der Waals surface area contributed by atoms with Crippen molar-refractivity contribution in [3.8, 4) is 5.75 Å². The Morgan fingerprint density at radius 3 is 3.16 bits per heavy atom. The smallest absolute Gasteiger partial charge is 0.119 e. The predicted octanol–water partition coefficient (Wildman–Crippen LogP) is 3.11. The van der Waals surface area contributed by atoms with Crippen LogP contribution in [0, 0.1) is 11.8 Å². The van der Waals surface area contributed by atoms with E-state index in [1.165, 1.54) is 32.2 Å². The van der Waals surface area contributed by atoms with E-state index in [-0.39, 0.29) is 0 Å². The predicted molar refractivity (Wildman–Crippen MR) is 76.7 cm³/mol. The first kappa shape index (κ1) is 11.8. The number of hydrogen-bond acceptors (Lipinski definition) is 2. The minimum Gasteiger partial charge on any atom is -0.494 e. The molecule has 1 N–H and O–H groups in total. The van der Waals surface area contributed by atoms with Gasteiger partial charge in [0.2, 0.25) is 0 Å². The second-order valence-corrected chi connectivity index (χ2v) is 6.46. The average molecular weight is 257 g/mol. The molecule has 1 aliphatic heterocycles. The normalized spacial score (nSPS) is 35.6. The van der Waals surface area contributed by atoms with Crippen LogP contribution in [0.4, 0.5) is 0 Å². The highest BCUT2D eigenvalue weighted by atomic mass is 16.5. The van der Waals surface area contributed by atoms with Crippen molar-refractivity contribution >= 4 is 0 Å². The fourth-order valence-corrected chi connectivity index (χ4v) is 4.60. The fraction of sp³-hybridized carbons (Fsp3) is 0.647. The second kappa shape index (κ2) is 4.52. The molecule has 1 heterocycles. The molecule has 19 heavy (non-hydrogen) atoms. The van der Waals surface area contributed by atoms with Gasteiger partial charge in [0.1, 0.15) is 5.75 Å². The van der Waals surface area contributed by atoms with E-state index >= 15 is 0 Å². The molecule has 4 rings (SSSR count). The van der Waals surface area contributed by atoms with E-state index in [1.807, 2.05) is 0 Å². The molecule has 1 saturated carbocycles. The van der Waals surface area contributed by atoms with Crippen molar-refractivity contribution in [1.29, 1.82) is 0 Å². The molecule has 1 aromatic carbocycles. The number of fused-ring (bicyclic) bond motifs is 3. The van der Waals surface area contributed by atoms with Crippen molar-refractivity contribution in [1.82, 2.24) is 5.32 Å². The van der Waals surface area contributed by atoms with E-state index < -0.39 is 0 Å². The van der Waals surface area contributed by atoms with Crippen LogP contribution in [-0.4, -0.2) is 19.2 Å². The van der Waals surface area contributed by atoms with E-state index in [2.05, 4.69) is 30.4 Å². The van der Waals surface area contributed by atoms with Gasteiger partial charge in [-0.2, -0.15) is 0 Å². The molecule has 1 saturated heterocycles. The van der Waals surface area contributed by atoms with Crippen LogP contribution in [0.2, 0.25) is 0 Å². The summed E-state index contributed by atoms with van der Waals surface area (Å²) in [6.07, 6.45) is 5.45. The summed E-state index contributed by atoms with van der Waals surface area (Å²) < 4.78 is 5.70. The third kappa shape index (κ3) is 1.88. The van der Waals surface area contributed by atoms with Crippen LogP contribution in [0.5, 0.6) is 5.75 Å². The van der Waals surface area contributed by atoms with E-state index in [0.29, 0.717) is 0 Å². The van der Waals surface area contributed by atoms with E-state index in [4.69, 9.17) is 4.74 Å². The Morgan fingerprint density at radius 2 is 2.26 bits per heavy atom. The van der Waals surface area contributed by atoms with Crippen LogP contribution in [0.15, 0.2) is 18.2 Å². The largest absolute Gasteiger partial charge is 0.494 e. The van der Waals surface area contributed by atoms with E-state index in [1.54, 1.807) is 11.1 Å². The number of rotatable bonds is 2. The summed E-state index contributed by atoms with van der Waals surface area (Å²) in [6, 6.07) is 7.51. The maximum absolute atomic E-state index is 5.70. The molecule has 2 bridgehead atoms. The SMILES string of the molecule is CCOc1ccc2c(c1)C1CCC3CNC(C2)C1C3. The monoisotopic (exact) mass is 257 g/mol. The van der Waals surface area contributed by atoms with Gasteiger partial charge in [-0.25, -0.2) is 0 Å².